The van der Waals surface area contributed by atoms with Crippen LogP contribution in [0.2, 0.25) is 0 Å². The van der Waals surface area contributed by atoms with E-state index in [1.54, 1.807) is 41.1 Å². The van der Waals surface area contributed by atoms with E-state index >= 15 is 0 Å². The van der Waals surface area contributed by atoms with Crippen molar-refractivity contribution in [2.75, 3.05) is 0 Å². The van der Waals surface area contributed by atoms with Gasteiger partial charge in [-0.05, 0) is 18.2 Å². The summed E-state index contributed by atoms with van der Waals surface area (Å²) in [6.07, 6.45) is 0. The summed E-state index contributed by atoms with van der Waals surface area (Å²) in [7, 11) is 0. The summed E-state index contributed by atoms with van der Waals surface area (Å²) in [4.78, 5) is 21.9. The zero-order chi connectivity index (χ0) is 9.84. The Morgan fingerprint density at radius 3 is 2.46 bits per heavy atom. The monoisotopic (exact) mass is 290 g/mol. The Bertz CT molecular complexity index is 352. The minimum atomic E-state index is -0.539. The lowest BCUT2D eigenvalue weighted by Gasteiger charge is -1.99. The van der Waals surface area contributed by atoms with E-state index in [4.69, 9.17) is 5.73 Å². The molecule has 0 radical (unpaired) electrons. The fraction of sp³-hybridized carbons (Fsp3) is 0. The third-order valence-corrected chi connectivity index (χ3v) is 1.98. The van der Waals surface area contributed by atoms with Crippen LogP contribution in [-0.2, 0) is 0 Å². The second-order valence-electron chi connectivity index (χ2n) is 2.37. The Balaban J connectivity index is 3.05. The second kappa shape index (κ2) is 4.22. The standard InChI is InChI=1S/C8H7IN2O2/c9-11-8(13)6-3-1-2-5(4-6)7(10)12/h1-4H,(H2,10,12)(H,11,13). The van der Waals surface area contributed by atoms with Crippen molar-refractivity contribution in [3.05, 3.63) is 35.4 Å². The van der Waals surface area contributed by atoms with Gasteiger partial charge in [0.15, 0.2) is 0 Å². The first kappa shape index (κ1) is 9.97. The molecule has 0 unspecified atom stereocenters. The second-order valence-corrected chi connectivity index (χ2v) is 2.91. The van der Waals surface area contributed by atoms with Gasteiger partial charge in [-0.3, -0.25) is 13.1 Å². The van der Waals surface area contributed by atoms with Gasteiger partial charge in [-0.2, -0.15) is 0 Å². The van der Waals surface area contributed by atoms with Crippen LogP contribution >= 0.6 is 22.9 Å². The molecule has 1 aromatic rings. The fourth-order valence-corrected chi connectivity index (χ4v) is 1.18. The van der Waals surface area contributed by atoms with E-state index in [1.807, 2.05) is 0 Å². The van der Waals surface area contributed by atoms with E-state index in [9.17, 15) is 9.59 Å². The molecule has 2 amide bonds. The molecule has 1 aromatic carbocycles. The van der Waals surface area contributed by atoms with Gasteiger partial charge in [-0.1, -0.05) is 6.07 Å². The molecule has 0 fully saturated rings. The van der Waals surface area contributed by atoms with Crippen LogP contribution in [0.15, 0.2) is 24.3 Å². The van der Waals surface area contributed by atoms with Gasteiger partial charge in [0.25, 0.3) is 5.91 Å². The van der Waals surface area contributed by atoms with Crippen molar-refractivity contribution >= 4 is 34.7 Å². The van der Waals surface area contributed by atoms with Crippen molar-refractivity contribution < 1.29 is 9.59 Å². The van der Waals surface area contributed by atoms with Crippen LogP contribution in [0.4, 0.5) is 0 Å². The van der Waals surface area contributed by atoms with Crippen LogP contribution in [0.1, 0.15) is 20.7 Å². The van der Waals surface area contributed by atoms with Gasteiger partial charge in [0.2, 0.25) is 5.91 Å². The lowest BCUT2D eigenvalue weighted by Crippen LogP contribution is -2.15. The van der Waals surface area contributed by atoms with Gasteiger partial charge >= 0.3 is 0 Å². The van der Waals surface area contributed by atoms with Gasteiger partial charge in [-0.15, -0.1) is 0 Å². The average Bonchev–Trinajstić information content (AvgIpc) is 2.17. The molecule has 0 atom stereocenters. The Morgan fingerprint density at radius 2 is 1.92 bits per heavy atom. The number of nitrogens with two attached hydrogens (primary N) is 1. The fourth-order valence-electron chi connectivity index (χ4n) is 0.868. The Kier molecular flexibility index (Phi) is 3.24. The molecule has 5 heteroatoms. The van der Waals surface area contributed by atoms with E-state index in [2.05, 4.69) is 3.53 Å². The predicted octanol–water partition coefficient (Wildman–Crippen LogP) is 0.865. The van der Waals surface area contributed by atoms with Gasteiger partial charge in [-0.25, -0.2) is 0 Å². The van der Waals surface area contributed by atoms with E-state index in [1.165, 1.54) is 6.07 Å². The number of amides is 2. The number of primary amides is 1. The summed E-state index contributed by atoms with van der Waals surface area (Å²) in [6.45, 7) is 0. The molecule has 0 aliphatic heterocycles. The molecule has 0 aromatic heterocycles. The average molecular weight is 290 g/mol. The van der Waals surface area contributed by atoms with Gasteiger partial charge in [0.1, 0.15) is 0 Å². The lowest BCUT2D eigenvalue weighted by atomic mass is 10.1. The zero-order valence-electron chi connectivity index (χ0n) is 6.58. The zero-order valence-corrected chi connectivity index (χ0v) is 8.74. The molecule has 3 N–H and O–H groups in total. The number of carbonyl (C=O) groups is 2. The summed E-state index contributed by atoms with van der Waals surface area (Å²) in [6, 6.07) is 6.24. The maximum absolute atomic E-state index is 11.1. The highest BCUT2D eigenvalue weighted by molar-refractivity contribution is 14.1. The molecule has 13 heavy (non-hydrogen) atoms. The van der Waals surface area contributed by atoms with Crippen molar-refractivity contribution in [2.45, 2.75) is 0 Å². The molecule has 0 heterocycles. The molecule has 68 valence electrons. The molecular formula is C8H7IN2O2. The summed E-state index contributed by atoms with van der Waals surface area (Å²) < 4.78 is 2.43. The first-order valence-corrected chi connectivity index (χ1v) is 4.54. The third kappa shape index (κ3) is 2.41. The smallest absolute Gasteiger partial charge is 0.259 e. The summed E-state index contributed by atoms with van der Waals surface area (Å²) in [5, 5.41) is 0. The van der Waals surface area contributed by atoms with E-state index in [-0.39, 0.29) is 5.91 Å². The maximum Gasteiger partial charge on any atom is 0.259 e. The third-order valence-electron chi connectivity index (χ3n) is 1.50. The molecular weight excluding hydrogens is 283 g/mol. The van der Waals surface area contributed by atoms with Crippen molar-refractivity contribution in [1.82, 2.24) is 3.53 Å². The van der Waals surface area contributed by atoms with Crippen molar-refractivity contribution in [1.29, 1.82) is 0 Å². The quantitative estimate of drug-likeness (QED) is 0.626. The molecule has 0 saturated carbocycles. The number of hydrogen-bond donors (Lipinski definition) is 2. The summed E-state index contributed by atoms with van der Waals surface area (Å²) in [5.41, 5.74) is 5.80. The highest BCUT2D eigenvalue weighted by Gasteiger charge is 2.06. The van der Waals surface area contributed by atoms with E-state index in [0.717, 1.165) is 0 Å². The maximum atomic E-state index is 11.1. The number of hydrogen-bond acceptors (Lipinski definition) is 2. The molecule has 0 spiro atoms. The Morgan fingerprint density at radius 1 is 1.31 bits per heavy atom. The van der Waals surface area contributed by atoms with Crippen LogP contribution in [0, 0.1) is 0 Å². The van der Waals surface area contributed by atoms with Gasteiger partial charge < -0.3 is 5.73 Å². The van der Waals surface area contributed by atoms with Crippen LogP contribution in [0.3, 0.4) is 0 Å². The number of rotatable bonds is 2. The number of carbonyl (C=O) groups excluding carboxylic acids is 2. The topological polar surface area (TPSA) is 72.2 Å². The van der Waals surface area contributed by atoms with Crippen molar-refractivity contribution in [3.63, 3.8) is 0 Å². The highest BCUT2D eigenvalue weighted by atomic mass is 127. The van der Waals surface area contributed by atoms with Crippen LogP contribution in [0.25, 0.3) is 0 Å². The van der Waals surface area contributed by atoms with Gasteiger partial charge in [0.05, 0.1) is 22.9 Å². The SMILES string of the molecule is NC(=O)c1cccc(C(=O)NI)c1. The van der Waals surface area contributed by atoms with E-state index in [0.29, 0.717) is 11.1 Å². The normalized spacial score (nSPS) is 9.31. The molecule has 1 rings (SSSR count). The molecule has 0 aliphatic carbocycles. The lowest BCUT2D eigenvalue weighted by molar-refractivity contribution is 0.0989. The van der Waals surface area contributed by atoms with Gasteiger partial charge in [0, 0.05) is 11.1 Å². The van der Waals surface area contributed by atoms with Crippen LogP contribution < -0.4 is 9.26 Å². The molecule has 0 bridgehead atoms. The van der Waals surface area contributed by atoms with Crippen LogP contribution in [-0.4, -0.2) is 11.8 Å². The largest absolute Gasteiger partial charge is 0.366 e. The highest BCUT2D eigenvalue weighted by Crippen LogP contribution is 2.04. The minimum Gasteiger partial charge on any atom is -0.366 e. The van der Waals surface area contributed by atoms with Crippen LogP contribution in [0.5, 0.6) is 0 Å². The Hall–Kier alpha value is -1.11. The number of benzene rings is 1. The Labute approximate surface area is 89.0 Å². The number of nitrogens with one attached hydrogen (secondary N) is 1. The van der Waals surface area contributed by atoms with Crippen molar-refractivity contribution in [2.24, 2.45) is 5.73 Å². The summed E-state index contributed by atoms with van der Waals surface area (Å²) >= 11 is 1.73. The molecule has 0 saturated heterocycles. The van der Waals surface area contributed by atoms with Crippen molar-refractivity contribution in [3.8, 4) is 0 Å². The minimum absolute atomic E-state index is 0.247. The van der Waals surface area contributed by atoms with E-state index < -0.39 is 5.91 Å². The predicted molar refractivity (Wildman–Crippen MR) is 56.4 cm³/mol. The summed E-state index contributed by atoms with van der Waals surface area (Å²) in [5.74, 6) is -0.785. The number of halogens is 1. The first-order valence-electron chi connectivity index (χ1n) is 3.46. The molecule has 0 aliphatic rings. The molecule has 4 nitrogen and oxygen atoms in total. The first-order chi connectivity index (χ1) is 6.15.